The molecule has 2 aromatic carbocycles. The molecule has 1 aliphatic heterocycles. The Kier molecular flexibility index (Phi) is 4.92. The number of carbonyl (C=O) groups is 1. The van der Waals surface area contributed by atoms with E-state index in [-0.39, 0.29) is 11.9 Å². The van der Waals surface area contributed by atoms with Gasteiger partial charge in [0.05, 0.1) is 17.8 Å². The molecule has 1 unspecified atom stereocenters. The molecule has 142 valence electrons. The number of halogens is 1. The zero-order chi connectivity index (χ0) is 19.7. The van der Waals surface area contributed by atoms with Gasteiger partial charge in [0.2, 0.25) is 5.91 Å². The van der Waals surface area contributed by atoms with Crippen molar-refractivity contribution in [2.75, 3.05) is 6.61 Å². The Labute approximate surface area is 168 Å². The number of pyridine rings is 1. The monoisotopic (exact) mass is 393 g/mol. The number of hydrogen-bond donors (Lipinski definition) is 1. The second-order valence-electron chi connectivity index (χ2n) is 6.55. The number of nitrogens with zero attached hydrogens (tertiary/aromatic N) is 2. The normalized spacial score (nSPS) is 16.0. The second-order valence-corrected chi connectivity index (χ2v) is 6.91. The number of carbonyl (C=O) groups excluding carboxylic acids is 1. The third-order valence-electron chi connectivity index (χ3n) is 4.66. The molecule has 1 atom stereocenters. The van der Waals surface area contributed by atoms with Gasteiger partial charge < -0.3 is 4.74 Å². The molecule has 28 heavy (non-hydrogen) atoms. The quantitative estimate of drug-likeness (QED) is 0.651. The molecule has 1 amide bonds. The predicted octanol–water partition coefficient (Wildman–Crippen LogP) is 4.74. The number of rotatable bonds is 4. The fourth-order valence-corrected chi connectivity index (χ4v) is 3.62. The van der Waals surface area contributed by atoms with Crippen LogP contribution < -0.4 is 10.2 Å². The van der Waals surface area contributed by atoms with Crippen molar-refractivity contribution >= 4 is 34.1 Å². The summed E-state index contributed by atoms with van der Waals surface area (Å²) in [6.07, 6.45) is 2.00. The zero-order valence-corrected chi connectivity index (χ0v) is 16.4. The van der Waals surface area contributed by atoms with E-state index in [0.717, 1.165) is 33.5 Å². The summed E-state index contributed by atoms with van der Waals surface area (Å²) >= 11 is 6.51. The summed E-state index contributed by atoms with van der Waals surface area (Å²) < 4.78 is 5.59. The van der Waals surface area contributed by atoms with E-state index in [1.165, 1.54) is 6.92 Å². The summed E-state index contributed by atoms with van der Waals surface area (Å²) in [7, 11) is 0. The van der Waals surface area contributed by atoms with Crippen molar-refractivity contribution in [3.05, 3.63) is 77.0 Å². The highest BCUT2D eigenvalue weighted by Gasteiger charge is 2.30. The second kappa shape index (κ2) is 7.52. The van der Waals surface area contributed by atoms with Crippen LogP contribution in [0.15, 0.2) is 60.7 Å². The number of nitrogens with one attached hydrogen (secondary N) is 1. The Hall–Kier alpha value is -3.05. The number of hydrogen-bond acceptors (Lipinski definition) is 4. The molecular weight excluding hydrogens is 374 g/mol. The average molecular weight is 394 g/mol. The highest BCUT2D eigenvalue weighted by Crippen LogP contribution is 2.36. The Bertz CT molecular complexity index is 1070. The number of fused-ring (bicyclic) bond motifs is 1. The van der Waals surface area contributed by atoms with E-state index < -0.39 is 0 Å². The molecule has 3 aromatic rings. The van der Waals surface area contributed by atoms with Crippen LogP contribution in [-0.2, 0) is 4.79 Å². The van der Waals surface area contributed by atoms with Gasteiger partial charge in [-0.25, -0.2) is 9.99 Å². The van der Waals surface area contributed by atoms with Gasteiger partial charge in [0.25, 0.3) is 0 Å². The maximum absolute atomic E-state index is 12.3. The minimum atomic E-state index is -0.354. The van der Waals surface area contributed by atoms with Crippen molar-refractivity contribution in [2.24, 2.45) is 0 Å². The molecule has 1 aliphatic rings. The van der Waals surface area contributed by atoms with Gasteiger partial charge in [-0.15, -0.1) is 0 Å². The maximum atomic E-state index is 12.3. The maximum Gasteiger partial charge on any atom is 0.238 e. The predicted molar refractivity (Wildman–Crippen MR) is 111 cm³/mol. The lowest BCUT2D eigenvalue weighted by Gasteiger charge is -2.24. The molecule has 0 saturated heterocycles. The van der Waals surface area contributed by atoms with E-state index in [0.29, 0.717) is 11.8 Å². The van der Waals surface area contributed by atoms with Crippen LogP contribution >= 0.6 is 11.6 Å². The van der Waals surface area contributed by atoms with E-state index in [1.54, 1.807) is 5.01 Å². The fraction of sp³-hybridized carbons (Fsp3) is 0.182. The molecule has 6 heteroatoms. The first-order chi connectivity index (χ1) is 13.6. The first-order valence-electron chi connectivity index (χ1n) is 9.13. The summed E-state index contributed by atoms with van der Waals surface area (Å²) in [5.41, 5.74) is 6.60. The summed E-state index contributed by atoms with van der Waals surface area (Å²) in [5.74, 6) is 0.671. The van der Waals surface area contributed by atoms with Crippen molar-refractivity contribution in [1.82, 2.24) is 15.4 Å². The Balaban J connectivity index is 1.80. The summed E-state index contributed by atoms with van der Waals surface area (Å²) in [4.78, 5) is 16.8. The fourth-order valence-electron chi connectivity index (χ4n) is 3.36. The minimum absolute atomic E-state index is 0.105. The van der Waals surface area contributed by atoms with Gasteiger partial charge in [0.15, 0.2) is 0 Å². The summed E-state index contributed by atoms with van der Waals surface area (Å²) in [5, 5.41) is 2.86. The van der Waals surface area contributed by atoms with Crippen LogP contribution in [0.25, 0.3) is 16.6 Å². The molecule has 0 saturated carbocycles. The highest BCUT2D eigenvalue weighted by molar-refractivity contribution is 6.30. The van der Waals surface area contributed by atoms with E-state index in [2.05, 4.69) is 10.4 Å². The molecule has 0 aliphatic carbocycles. The highest BCUT2D eigenvalue weighted by atomic mass is 35.5. The van der Waals surface area contributed by atoms with Crippen LogP contribution in [0.4, 0.5) is 0 Å². The van der Waals surface area contributed by atoms with Gasteiger partial charge in [-0.3, -0.25) is 10.2 Å². The number of amides is 1. The van der Waals surface area contributed by atoms with Gasteiger partial charge in [-0.05, 0) is 42.8 Å². The first-order valence-corrected chi connectivity index (χ1v) is 9.51. The van der Waals surface area contributed by atoms with Crippen LogP contribution in [0.1, 0.15) is 31.0 Å². The third-order valence-corrected chi connectivity index (χ3v) is 4.97. The van der Waals surface area contributed by atoms with Gasteiger partial charge in [-0.2, -0.15) is 0 Å². The van der Waals surface area contributed by atoms with Crippen molar-refractivity contribution in [3.63, 3.8) is 0 Å². The largest absolute Gasteiger partial charge is 0.494 e. The van der Waals surface area contributed by atoms with Gasteiger partial charge in [0.1, 0.15) is 16.9 Å². The lowest BCUT2D eigenvalue weighted by molar-refractivity contribution is -0.132. The Morgan fingerprint density at radius 1 is 1.21 bits per heavy atom. The lowest BCUT2D eigenvalue weighted by Crippen LogP contribution is -2.38. The molecular formula is C22H20ClN3O2. The van der Waals surface area contributed by atoms with E-state index in [9.17, 15) is 4.79 Å². The molecule has 4 rings (SSSR count). The number of benzene rings is 2. The van der Waals surface area contributed by atoms with Crippen molar-refractivity contribution in [2.45, 2.75) is 19.9 Å². The van der Waals surface area contributed by atoms with Crippen LogP contribution in [0.2, 0.25) is 5.15 Å². The number of ether oxygens (including phenoxy) is 1. The smallest absolute Gasteiger partial charge is 0.238 e. The molecule has 1 N–H and O–H groups in total. The summed E-state index contributed by atoms with van der Waals surface area (Å²) in [6.45, 7) is 4.06. The van der Waals surface area contributed by atoms with Crippen LogP contribution in [0, 0.1) is 0 Å². The molecule has 2 heterocycles. The molecule has 5 nitrogen and oxygen atoms in total. The summed E-state index contributed by atoms with van der Waals surface area (Å²) in [6, 6.07) is 17.2. The standard InChI is InChI=1S/C22H20ClN3O2/c1-3-28-17-9-10-19-16(11-17)12-18(22(23)24-19)21-13-20(25-26(21)14(2)27)15-7-5-4-6-8-15/h4-13,21,25H,3H2,1-2H3. The molecule has 1 aromatic heterocycles. The minimum Gasteiger partial charge on any atom is -0.494 e. The van der Waals surface area contributed by atoms with Crippen LogP contribution in [-0.4, -0.2) is 22.5 Å². The zero-order valence-electron chi connectivity index (χ0n) is 15.6. The molecule has 0 fully saturated rings. The molecule has 0 bridgehead atoms. The van der Waals surface area contributed by atoms with Crippen LogP contribution in [0.3, 0.4) is 0 Å². The van der Waals surface area contributed by atoms with Gasteiger partial charge in [0, 0.05) is 17.9 Å². The van der Waals surface area contributed by atoms with Crippen LogP contribution in [0.5, 0.6) is 5.75 Å². The Morgan fingerprint density at radius 3 is 2.71 bits per heavy atom. The number of hydrazine groups is 1. The third kappa shape index (κ3) is 3.41. The lowest BCUT2D eigenvalue weighted by atomic mass is 10.0. The van der Waals surface area contributed by atoms with Gasteiger partial charge in [-0.1, -0.05) is 41.9 Å². The van der Waals surface area contributed by atoms with E-state index in [1.807, 2.05) is 67.6 Å². The van der Waals surface area contributed by atoms with E-state index in [4.69, 9.17) is 16.3 Å². The average Bonchev–Trinajstić information content (AvgIpc) is 3.14. The van der Waals surface area contributed by atoms with Crippen molar-refractivity contribution in [3.8, 4) is 5.75 Å². The first kappa shape index (κ1) is 18.3. The van der Waals surface area contributed by atoms with Gasteiger partial charge >= 0.3 is 0 Å². The molecule has 0 spiro atoms. The molecule has 0 radical (unpaired) electrons. The SMILES string of the molecule is CCOc1ccc2nc(Cl)c(C3C=C(c4ccccc4)NN3C(C)=O)cc2c1. The van der Waals surface area contributed by atoms with E-state index >= 15 is 0 Å². The topological polar surface area (TPSA) is 54.5 Å². The number of aromatic nitrogens is 1. The van der Waals surface area contributed by atoms with Crippen molar-refractivity contribution in [1.29, 1.82) is 0 Å². The van der Waals surface area contributed by atoms with Crippen molar-refractivity contribution < 1.29 is 9.53 Å². The Morgan fingerprint density at radius 2 is 2.00 bits per heavy atom.